The Kier molecular flexibility index (Phi) is 5.97. The lowest BCUT2D eigenvalue weighted by molar-refractivity contribution is -0.122. The van der Waals surface area contributed by atoms with Crippen LogP contribution < -0.4 is 16.8 Å². The van der Waals surface area contributed by atoms with Gasteiger partial charge in [-0.2, -0.15) is 0 Å². The molecule has 0 heterocycles. The van der Waals surface area contributed by atoms with Gasteiger partial charge in [0.2, 0.25) is 11.8 Å². The van der Waals surface area contributed by atoms with Crippen LogP contribution in [0.4, 0.5) is 5.69 Å². The van der Waals surface area contributed by atoms with Gasteiger partial charge in [0.15, 0.2) is 0 Å². The average Bonchev–Trinajstić information content (AvgIpc) is 2.40. The third-order valence-corrected chi connectivity index (χ3v) is 4.34. The van der Waals surface area contributed by atoms with Crippen molar-refractivity contribution in [2.75, 3.05) is 5.32 Å². The Bertz CT molecular complexity index is 573. The van der Waals surface area contributed by atoms with Gasteiger partial charge in [0, 0.05) is 16.8 Å². The van der Waals surface area contributed by atoms with Gasteiger partial charge in [0.25, 0.3) is 0 Å². The molecule has 2 atom stereocenters. The fourth-order valence-corrected chi connectivity index (χ4v) is 2.98. The molecule has 0 radical (unpaired) electrons. The van der Waals surface area contributed by atoms with Crippen molar-refractivity contribution in [3.8, 4) is 0 Å². The summed E-state index contributed by atoms with van der Waals surface area (Å²) in [4.78, 5) is 23.8. The molecule has 1 aliphatic rings. The third-order valence-electron chi connectivity index (χ3n) is 4.34. The predicted molar refractivity (Wildman–Crippen MR) is 90.1 cm³/mol. The smallest absolute Gasteiger partial charge is 0.249 e. The largest absolute Gasteiger partial charge is 0.366 e. The summed E-state index contributed by atoms with van der Waals surface area (Å²) in [5, 5.41) is 2.86. The average molecular weight is 326 g/mol. The molecule has 1 fully saturated rings. The second kappa shape index (κ2) is 7.11. The van der Waals surface area contributed by atoms with Crippen LogP contribution in [0.3, 0.4) is 0 Å². The summed E-state index contributed by atoms with van der Waals surface area (Å²) in [6, 6.07) is 5.17. The topological polar surface area (TPSA) is 98.2 Å². The zero-order valence-electron chi connectivity index (χ0n) is 13.0. The molecule has 1 aromatic carbocycles. The molecule has 6 heteroatoms. The summed E-state index contributed by atoms with van der Waals surface area (Å²) in [7, 11) is 0. The molecule has 0 saturated heterocycles. The van der Waals surface area contributed by atoms with E-state index in [1.165, 1.54) is 0 Å². The number of nitrogens with one attached hydrogen (secondary N) is 1. The van der Waals surface area contributed by atoms with Gasteiger partial charge in [-0.05, 0) is 44.4 Å². The molecular formula is C16H24ClN3O2. The van der Waals surface area contributed by atoms with Crippen molar-refractivity contribution < 1.29 is 9.59 Å². The van der Waals surface area contributed by atoms with E-state index in [0.717, 1.165) is 31.2 Å². The van der Waals surface area contributed by atoms with Crippen LogP contribution in [0.15, 0.2) is 18.2 Å². The molecule has 2 rings (SSSR count). The maximum absolute atomic E-state index is 12.4. The number of benzene rings is 1. The Hall–Kier alpha value is -1.59. The second-order valence-corrected chi connectivity index (χ2v) is 6.19. The number of amides is 2. The van der Waals surface area contributed by atoms with E-state index >= 15 is 0 Å². The Balaban J connectivity index is 0.00000242. The van der Waals surface area contributed by atoms with E-state index in [-0.39, 0.29) is 24.2 Å². The minimum Gasteiger partial charge on any atom is -0.366 e. The van der Waals surface area contributed by atoms with Crippen molar-refractivity contribution in [2.24, 2.45) is 17.4 Å². The van der Waals surface area contributed by atoms with E-state index in [1.54, 1.807) is 18.2 Å². The van der Waals surface area contributed by atoms with Crippen LogP contribution in [-0.2, 0) is 4.79 Å². The maximum Gasteiger partial charge on any atom is 0.249 e. The highest BCUT2D eigenvalue weighted by Crippen LogP contribution is 2.32. The lowest BCUT2D eigenvalue weighted by Crippen LogP contribution is -2.51. The fraction of sp³-hybridized carbons (Fsp3) is 0.500. The molecule has 0 spiro atoms. The van der Waals surface area contributed by atoms with Crippen LogP contribution in [0.25, 0.3) is 0 Å². The molecule has 0 aromatic heterocycles. The van der Waals surface area contributed by atoms with Crippen molar-refractivity contribution in [3.05, 3.63) is 29.3 Å². The van der Waals surface area contributed by atoms with E-state index in [4.69, 9.17) is 11.5 Å². The van der Waals surface area contributed by atoms with Crippen molar-refractivity contribution in [1.82, 2.24) is 0 Å². The minimum atomic E-state index is -0.495. The molecule has 22 heavy (non-hydrogen) atoms. The number of hydrogen-bond donors (Lipinski definition) is 3. The predicted octanol–water partition coefficient (Wildman–Crippen LogP) is 2.36. The first-order valence-corrected chi connectivity index (χ1v) is 7.31. The van der Waals surface area contributed by atoms with E-state index in [1.807, 2.05) is 13.8 Å². The lowest BCUT2D eigenvalue weighted by atomic mass is 9.74. The van der Waals surface area contributed by atoms with Crippen molar-refractivity contribution in [3.63, 3.8) is 0 Å². The summed E-state index contributed by atoms with van der Waals surface area (Å²) in [5.74, 6) is -0.784. The SMILES string of the molecule is Cc1ccc(NC(=O)C2CCCCC2(C)N)cc1C(N)=O.Cl. The quantitative estimate of drug-likeness (QED) is 0.795. The number of anilines is 1. The summed E-state index contributed by atoms with van der Waals surface area (Å²) in [5.41, 5.74) is 12.9. The van der Waals surface area contributed by atoms with Crippen molar-refractivity contribution >= 4 is 29.9 Å². The van der Waals surface area contributed by atoms with Crippen LogP contribution in [0.2, 0.25) is 0 Å². The monoisotopic (exact) mass is 325 g/mol. The molecule has 1 aliphatic carbocycles. The lowest BCUT2D eigenvalue weighted by Gasteiger charge is -2.37. The Labute approximate surface area is 137 Å². The highest BCUT2D eigenvalue weighted by atomic mass is 35.5. The van der Waals surface area contributed by atoms with E-state index in [2.05, 4.69) is 5.32 Å². The van der Waals surface area contributed by atoms with Gasteiger partial charge >= 0.3 is 0 Å². The van der Waals surface area contributed by atoms with Crippen LogP contribution >= 0.6 is 12.4 Å². The summed E-state index contributed by atoms with van der Waals surface area (Å²) >= 11 is 0. The Morgan fingerprint density at radius 3 is 2.59 bits per heavy atom. The zero-order valence-corrected chi connectivity index (χ0v) is 13.8. The number of halogens is 1. The molecule has 5 N–H and O–H groups in total. The molecule has 0 bridgehead atoms. The molecule has 5 nitrogen and oxygen atoms in total. The molecule has 0 aliphatic heterocycles. The van der Waals surface area contributed by atoms with Gasteiger partial charge in [-0.15, -0.1) is 12.4 Å². The fourth-order valence-electron chi connectivity index (χ4n) is 2.98. The van der Waals surface area contributed by atoms with E-state index in [9.17, 15) is 9.59 Å². The highest BCUT2D eigenvalue weighted by molar-refractivity contribution is 5.98. The van der Waals surface area contributed by atoms with Crippen LogP contribution in [-0.4, -0.2) is 17.4 Å². The standard InChI is InChI=1S/C16H23N3O2.ClH/c1-10-6-7-11(9-12(10)14(17)20)19-15(21)13-5-3-4-8-16(13,2)18;/h6-7,9,13H,3-5,8,18H2,1-2H3,(H2,17,20)(H,19,21);1H. The number of hydrogen-bond acceptors (Lipinski definition) is 3. The van der Waals surface area contributed by atoms with Gasteiger partial charge in [-0.3, -0.25) is 9.59 Å². The van der Waals surface area contributed by atoms with E-state index in [0.29, 0.717) is 11.3 Å². The normalized spacial score (nSPS) is 24.2. The summed E-state index contributed by atoms with van der Waals surface area (Å²) < 4.78 is 0. The first-order chi connectivity index (χ1) is 9.81. The number of rotatable bonds is 3. The maximum atomic E-state index is 12.4. The van der Waals surface area contributed by atoms with Gasteiger partial charge in [0.05, 0.1) is 5.92 Å². The molecular weight excluding hydrogens is 302 g/mol. The van der Waals surface area contributed by atoms with Gasteiger partial charge in [-0.25, -0.2) is 0 Å². The zero-order chi connectivity index (χ0) is 15.6. The molecule has 1 saturated carbocycles. The number of primary amides is 1. The third kappa shape index (κ3) is 3.99. The van der Waals surface area contributed by atoms with Crippen LogP contribution in [0.1, 0.15) is 48.5 Å². The first kappa shape index (κ1) is 18.5. The Morgan fingerprint density at radius 2 is 2.00 bits per heavy atom. The minimum absolute atomic E-state index is 0. The van der Waals surface area contributed by atoms with Crippen LogP contribution in [0, 0.1) is 12.8 Å². The van der Waals surface area contributed by atoms with Gasteiger partial charge in [-0.1, -0.05) is 18.9 Å². The number of aryl methyl sites for hydroxylation is 1. The highest BCUT2D eigenvalue weighted by Gasteiger charge is 2.37. The Morgan fingerprint density at radius 1 is 1.32 bits per heavy atom. The first-order valence-electron chi connectivity index (χ1n) is 7.31. The van der Waals surface area contributed by atoms with Crippen molar-refractivity contribution in [1.29, 1.82) is 0 Å². The molecule has 122 valence electrons. The summed E-state index contributed by atoms with van der Waals surface area (Å²) in [6.07, 6.45) is 3.73. The molecule has 2 unspecified atom stereocenters. The van der Waals surface area contributed by atoms with Gasteiger partial charge in [0.1, 0.15) is 0 Å². The van der Waals surface area contributed by atoms with E-state index < -0.39 is 11.4 Å². The molecule has 2 amide bonds. The number of carbonyl (C=O) groups is 2. The summed E-state index contributed by atoms with van der Waals surface area (Å²) in [6.45, 7) is 3.74. The van der Waals surface area contributed by atoms with Crippen LogP contribution in [0.5, 0.6) is 0 Å². The van der Waals surface area contributed by atoms with Gasteiger partial charge < -0.3 is 16.8 Å². The molecule has 1 aromatic rings. The second-order valence-electron chi connectivity index (χ2n) is 6.19. The number of nitrogens with two attached hydrogens (primary N) is 2. The van der Waals surface area contributed by atoms with Crippen molar-refractivity contribution in [2.45, 2.75) is 45.1 Å². The number of carbonyl (C=O) groups excluding carboxylic acids is 2.